The van der Waals surface area contributed by atoms with Crippen molar-refractivity contribution in [2.45, 2.75) is 25.7 Å². The van der Waals surface area contributed by atoms with Crippen LogP contribution in [0.2, 0.25) is 5.02 Å². The van der Waals surface area contributed by atoms with Crippen LogP contribution in [0.15, 0.2) is 46.9 Å². The molecule has 7 nitrogen and oxygen atoms in total. The Morgan fingerprint density at radius 1 is 1.20 bits per heavy atom. The van der Waals surface area contributed by atoms with Crippen LogP contribution in [0.1, 0.15) is 40.5 Å². The number of anilines is 1. The Morgan fingerprint density at radius 3 is 2.49 bits per heavy atom. The van der Waals surface area contributed by atoms with Crippen molar-refractivity contribution in [2.75, 3.05) is 25.0 Å². The molecule has 2 amide bonds. The number of likely N-dealkylation sites (tertiary alicyclic amines) is 1. The fourth-order valence-electron chi connectivity index (χ4n) is 4.02. The largest absolute Gasteiger partial charge is 0.484 e. The zero-order chi connectivity index (χ0) is 25.1. The summed E-state index contributed by atoms with van der Waals surface area (Å²) in [7, 11) is 1.79. The average Bonchev–Trinajstić information content (AvgIpc) is 3.12. The Morgan fingerprint density at radius 2 is 1.89 bits per heavy atom. The van der Waals surface area contributed by atoms with E-state index in [1.165, 1.54) is 18.2 Å². The van der Waals surface area contributed by atoms with Gasteiger partial charge in [-0.1, -0.05) is 23.7 Å². The van der Waals surface area contributed by atoms with Crippen molar-refractivity contribution in [3.8, 4) is 5.75 Å². The quantitative estimate of drug-likeness (QED) is 0.440. The first-order chi connectivity index (χ1) is 16.7. The standard InChI is InChI=1S/C25H25BrClFN4O3/c1-15-23(26)24(30-31(15)2)25(34)29-18-5-3-16(4-6-18)17-9-11-32(12-10-17)22(33)14-35-19-7-8-20(27)21(28)13-19/h3-8,13,17H,9-12,14H2,1-2H3,(H,29,34). The van der Waals surface area contributed by atoms with Crippen molar-refractivity contribution in [3.05, 3.63) is 74.7 Å². The fourth-order valence-corrected chi connectivity index (χ4v) is 4.66. The highest BCUT2D eigenvalue weighted by Gasteiger charge is 2.24. The number of nitrogens with one attached hydrogen (secondary N) is 1. The number of hydrogen-bond acceptors (Lipinski definition) is 4. The molecule has 1 aliphatic heterocycles. The third kappa shape index (κ3) is 5.85. The van der Waals surface area contributed by atoms with E-state index in [1.807, 2.05) is 31.2 Å². The van der Waals surface area contributed by atoms with Gasteiger partial charge < -0.3 is 15.0 Å². The Hall–Kier alpha value is -2.91. The van der Waals surface area contributed by atoms with Gasteiger partial charge in [-0.3, -0.25) is 14.3 Å². The first kappa shape index (κ1) is 25.2. The predicted molar refractivity (Wildman–Crippen MR) is 136 cm³/mol. The van der Waals surface area contributed by atoms with E-state index >= 15 is 0 Å². The lowest BCUT2D eigenvalue weighted by Gasteiger charge is -2.32. The molecule has 0 unspecified atom stereocenters. The molecule has 1 saturated heterocycles. The van der Waals surface area contributed by atoms with Gasteiger partial charge in [-0.05, 0) is 71.4 Å². The number of amides is 2. The Bertz CT molecular complexity index is 1240. The molecule has 184 valence electrons. The smallest absolute Gasteiger partial charge is 0.277 e. The second kappa shape index (κ2) is 10.8. The summed E-state index contributed by atoms with van der Waals surface area (Å²) >= 11 is 9.09. The Balaban J connectivity index is 1.27. The molecule has 3 aromatic rings. The molecule has 0 saturated carbocycles. The maximum absolute atomic E-state index is 13.5. The molecule has 2 heterocycles. The number of rotatable bonds is 6. The lowest BCUT2D eigenvalue weighted by atomic mass is 9.89. The molecule has 0 atom stereocenters. The molecule has 1 aromatic heterocycles. The van der Waals surface area contributed by atoms with Gasteiger partial charge in [0.15, 0.2) is 12.3 Å². The minimum absolute atomic E-state index is 0.0116. The highest BCUT2D eigenvalue weighted by atomic mass is 79.9. The highest BCUT2D eigenvalue weighted by molar-refractivity contribution is 9.10. The maximum Gasteiger partial charge on any atom is 0.277 e. The van der Waals surface area contributed by atoms with Crippen molar-refractivity contribution in [2.24, 2.45) is 7.05 Å². The Labute approximate surface area is 216 Å². The number of nitrogens with zero attached hydrogens (tertiary/aromatic N) is 3. The molecule has 35 heavy (non-hydrogen) atoms. The minimum atomic E-state index is -0.581. The van der Waals surface area contributed by atoms with E-state index in [2.05, 4.69) is 26.3 Å². The number of halogens is 3. The topological polar surface area (TPSA) is 76.5 Å². The van der Waals surface area contributed by atoms with E-state index in [-0.39, 0.29) is 29.2 Å². The van der Waals surface area contributed by atoms with E-state index < -0.39 is 5.82 Å². The number of carbonyl (C=O) groups excluding carboxylic acids is 2. The van der Waals surface area contributed by atoms with Gasteiger partial charge >= 0.3 is 0 Å². The van der Waals surface area contributed by atoms with Gasteiger partial charge in [0.05, 0.1) is 15.2 Å². The molecule has 2 aromatic carbocycles. The van der Waals surface area contributed by atoms with Gasteiger partial charge in [0, 0.05) is 31.9 Å². The molecule has 0 radical (unpaired) electrons. The summed E-state index contributed by atoms with van der Waals surface area (Å²) in [5.41, 5.74) is 3.08. The number of aromatic nitrogens is 2. The van der Waals surface area contributed by atoms with Crippen LogP contribution in [0.5, 0.6) is 5.75 Å². The molecule has 1 fully saturated rings. The van der Waals surface area contributed by atoms with Crippen LogP contribution < -0.4 is 10.1 Å². The SMILES string of the molecule is Cc1c(Br)c(C(=O)Nc2ccc(C3CCN(C(=O)COc4ccc(Cl)c(F)c4)CC3)cc2)nn1C. The summed E-state index contributed by atoms with van der Waals surface area (Å²) in [6.07, 6.45) is 1.65. The second-order valence-corrected chi connectivity index (χ2v) is 9.67. The summed E-state index contributed by atoms with van der Waals surface area (Å²) in [5, 5.41) is 7.15. The summed E-state index contributed by atoms with van der Waals surface area (Å²) in [4.78, 5) is 26.8. The molecule has 10 heteroatoms. The van der Waals surface area contributed by atoms with Crippen LogP contribution in [0, 0.1) is 12.7 Å². The normalized spacial score (nSPS) is 14.1. The van der Waals surface area contributed by atoms with Crippen LogP contribution in [-0.4, -0.2) is 46.2 Å². The average molecular weight is 564 g/mol. The molecule has 0 spiro atoms. The Kier molecular flexibility index (Phi) is 7.76. The monoisotopic (exact) mass is 562 g/mol. The summed E-state index contributed by atoms with van der Waals surface area (Å²) < 4.78 is 21.3. The van der Waals surface area contributed by atoms with Crippen molar-refractivity contribution >= 4 is 45.0 Å². The van der Waals surface area contributed by atoms with Crippen LogP contribution in [0.4, 0.5) is 10.1 Å². The van der Waals surface area contributed by atoms with Crippen molar-refractivity contribution in [3.63, 3.8) is 0 Å². The molecular weight excluding hydrogens is 539 g/mol. The van der Waals surface area contributed by atoms with Crippen molar-refractivity contribution < 1.29 is 18.7 Å². The summed E-state index contributed by atoms with van der Waals surface area (Å²) in [6, 6.07) is 11.9. The van der Waals surface area contributed by atoms with E-state index in [4.69, 9.17) is 16.3 Å². The number of benzene rings is 2. The van der Waals surface area contributed by atoms with E-state index in [0.717, 1.165) is 24.1 Å². The van der Waals surface area contributed by atoms with Crippen LogP contribution in [-0.2, 0) is 11.8 Å². The van der Waals surface area contributed by atoms with Crippen molar-refractivity contribution in [1.82, 2.24) is 14.7 Å². The summed E-state index contributed by atoms with van der Waals surface area (Å²) in [6.45, 7) is 2.97. The molecule has 1 aliphatic rings. The third-order valence-corrected chi connectivity index (χ3v) is 7.47. The predicted octanol–water partition coefficient (Wildman–Crippen LogP) is 5.32. The summed E-state index contributed by atoms with van der Waals surface area (Å²) in [5.74, 6) is -0.394. The first-order valence-electron chi connectivity index (χ1n) is 11.2. The van der Waals surface area contributed by atoms with Gasteiger partial charge in [0.25, 0.3) is 11.8 Å². The molecule has 0 aliphatic carbocycles. The minimum Gasteiger partial charge on any atom is -0.484 e. The molecule has 0 bridgehead atoms. The van der Waals surface area contributed by atoms with Crippen LogP contribution in [0.25, 0.3) is 0 Å². The van der Waals surface area contributed by atoms with Gasteiger partial charge in [-0.15, -0.1) is 0 Å². The van der Waals surface area contributed by atoms with Gasteiger partial charge in [-0.2, -0.15) is 5.10 Å². The number of ether oxygens (including phenoxy) is 1. The molecule has 4 rings (SSSR count). The van der Waals surface area contributed by atoms with Gasteiger partial charge in [-0.25, -0.2) is 4.39 Å². The van der Waals surface area contributed by atoms with Gasteiger partial charge in [0.1, 0.15) is 11.6 Å². The van der Waals surface area contributed by atoms with E-state index in [0.29, 0.717) is 34.9 Å². The number of carbonyl (C=O) groups is 2. The van der Waals surface area contributed by atoms with E-state index in [9.17, 15) is 14.0 Å². The third-order valence-electron chi connectivity index (χ3n) is 6.22. The second-order valence-electron chi connectivity index (χ2n) is 8.47. The molecule has 1 N–H and O–H groups in total. The number of hydrogen-bond donors (Lipinski definition) is 1. The lowest BCUT2D eigenvalue weighted by molar-refractivity contribution is -0.134. The fraction of sp³-hybridized carbons (Fsp3) is 0.320. The van der Waals surface area contributed by atoms with E-state index in [1.54, 1.807) is 16.6 Å². The van der Waals surface area contributed by atoms with Crippen LogP contribution >= 0.6 is 27.5 Å². The van der Waals surface area contributed by atoms with Crippen LogP contribution in [0.3, 0.4) is 0 Å². The molecular formula is C25H25BrClFN4O3. The first-order valence-corrected chi connectivity index (χ1v) is 12.4. The highest BCUT2D eigenvalue weighted by Crippen LogP contribution is 2.29. The maximum atomic E-state index is 13.5. The lowest BCUT2D eigenvalue weighted by Crippen LogP contribution is -2.40. The zero-order valence-electron chi connectivity index (χ0n) is 19.4. The zero-order valence-corrected chi connectivity index (χ0v) is 21.7. The number of piperidine rings is 1. The van der Waals surface area contributed by atoms with Gasteiger partial charge in [0.2, 0.25) is 0 Å². The van der Waals surface area contributed by atoms with Crippen molar-refractivity contribution in [1.29, 1.82) is 0 Å². The number of aryl methyl sites for hydroxylation is 1.